The molecule has 1 aliphatic heterocycles. The fourth-order valence-electron chi connectivity index (χ4n) is 3.82. The molecule has 2 aliphatic rings. The summed E-state index contributed by atoms with van der Waals surface area (Å²) in [4.78, 5) is 16.9. The van der Waals surface area contributed by atoms with E-state index in [1.165, 1.54) is 0 Å². The van der Waals surface area contributed by atoms with E-state index in [-0.39, 0.29) is 11.7 Å². The van der Waals surface area contributed by atoms with Crippen molar-refractivity contribution >= 4 is 11.6 Å². The molecule has 1 saturated carbocycles. The van der Waals surface area contributed by atoms with Gasteiger partial charge in [0.05, 0.1) is 5.60 Å². The normalized spacial score (nSPS) is 29.3. The number of hydrogen-bond donors (Lipinski definition) is 1. The molecule has 1 saturated heterocycles. The Morgan fingerprint density at radius 1 is 1.43 bits per heavy atom. The Morgan fingerprint density at radius 3 is 2.90 bits per heavy atom. The highest BCUT2D eigenvalue weighted by molar-refractivity contribution is 5.56. The van der Waals surface area contributed by atoms with Crippen LogP contribution in [0.2, 0.25) is 0 Å². The van der Waals surface area contributed by atoms with Gasteiger partial charge in [0.2, 0.25) is 11.6 Å². The van der Waals surface area contributed by atoms with Gasteiger partial charge in [-0.05, 0) is 29.2 Å². The van der Waals surface area contributed by atoms with Crippen LogP contribution in [0.15, 0.2) is 0 Å². The summed E-state index contributed by atoms with van der Waals surface area (Å²) in [6, 6.07) is 0. The molecule has 0 bridgehead atoms. The smallest absolute Gasteiger partial charge is 0.389 e. The first-order chi connectivity index (χ1) is 9.92. The van der Waals surface area contributed by atoms with Crippen LogP contribution >= 0.6 is 0 Å². The van der Waals surface area contributed by atoms with Gasteiger partial charge < -0.3 is 20.1 Å². The lowest BCUT2D eigenvalue weighted by Crippen LogP contribution is -2.53. The van der Waals surface area contributed by atoms with Crippen molar-refractivity contribution in [3.05, 3.63) is 15.9 Å². The Labute approximate surface area is 123 Å². The molecule has 0 amide bonds. The summed E-state index contributed by atoms with van der Waals surface area (Å²) in [5.74, 6) is 1.34. The third-order valence-corrected chi connectivity index (χ3v) is 5.17. The minimum absolute atomic E-state index is 0.0729. The van der Waals surface area contributed by atoms with Crippen molar-refractivity contribution in [2.24, 2.45) is 13.0 Å². The predicted molar refractivity (Wildman–Crippen MR) is 78.3 cm³/mol. The zero-order valence-corrected chi connectivity index (χ0v) is 12.6. The predicted octanol–water partition coefficient (Wildman–Crippen LogP) is 1.77. The van der Waals surface area contributed by atoms with Crippen LogP contribution in [0, 0.1) is 23.0 Å². The van der Waals surface area contributed by atoms with E-state index in [9.17, 15) is 15.2 Å². The molecule has 1 N–H and O–H groups in total. The number of aromatic nitrogens is 2. The summed E-state index contributed by atoms with van der Waals surface area (Å²) in [6.07, 6.45) is 4.75. The zero-order chi connectivity index (χ0) is 15.2. The van der Waals surface area contributed by atoms with Crippen molar-refractivity contribution in [2.45, 2.75) is 44.6 Å². The molecule has 7 heteroatoms. The van der Waals surface area contributed by atoms with Crippen LogP contribution in [-0.2, 0) is 7.05 Å². The van der Waals surface area contributed by atoms with Gasteiger partial charge in [-0.1, -0.05) is 12.8 Å². The first kappa shape index (κ1) is 14.3. The molecular weight excluding hydrogens is 272 g/mol. The molecule has 1 aliphatic carbocycles. The van der Waals surface area contributed by atoms with Crippen molar-refractivity contribution in [2.75, 3.05) is 18.0 Å². The van der Waals surface area contributed by atoms with Crippen LogP contribution in [0.4, 0.5) is 11.6 Å². The van der Waals surface area contributed by atoms with E-state index >= 15 is 0 Å². The maximum Gasteiger partial charge on any atom is 0.406 e. The number of anilines is 1. The molecule has 2 atom stereocenters. The summed E-state index contributed by atoms with van der Waals surface area (Å²) in [6.45, 7) is 3.10. The Hall–Kier alpha value is -1.63. The first-order valence-corrected chi connectivity index (χ1v) is 7.57. The summed E-state index contributed by atoms with van der Waals surface area (Å²) in [5, 5.41) is 22.0. The summed E-state index contributed by atoms with van der Waals surface area (Å²) < 4.78 is 1.78. The molecular formula is C14H22N4O3. The third-order valence-electron chi connectivity index (χ3n) is 5.17. The Morgan fingerprint density at radius 2 is 2.19 bits per heavy atom. The van der Waals surface area contributed by atoms with Crippen molar-refractivity contribution in [3.8, 4) is 0 Å². The number of hydrogen-bond acceptors (Lipinski definition) is 5. The fourth-order valence-corrected chi connectivity index (χ4v) is 3.82. The van der Waals surface area contributed by atoms with E-state index < -0.39 is 10.5 Å². The van der Waals surface area contributed by atoms with E-state index in [1.54, 1.807) is 11.5 Å². The van der Waals surface area contributed by atoms with Crippen molar-refractivity contribution in [1.82, 2.24) is 9.55 Å². The average Bonchev–Trinajstić information content (AvgIpc) is 2.74. The monoisotopic (exact) mass is 294 g/mol. The second-order valence-electron chi connectivity index (χ2n) is 6.36. The van der Waals surface area contributed by atoms with E-state index in [1.807, 2.05) is 11.9 Å². The molecule has 0 radical (unpaired) electrons. The molecule has 0 spiro atoms. The molecule has 1 aromatic heterocycles. The van der Waals surface area contributed by atoms with Gasteiger partial charge in [0.25, 0.3) is 0 Å². The first-order valence-electron chi connectivity index (χ1n) is 7.57. The van der Waals surface area contributed by atoms with Crippen molar-refractivity contribution in [3.63, 3.8) is 0 Å². The van der Waals surface area contributed by atoms with Gasteiger partial charge in [0.15, 0.2) is 0 Å². The molecule has 116 valence electrons. The number of rotatable bonds is 2. The van der Waals surface area contributed by atoms with Crippen LogP contribution in [0.3, 0.4) is 0 Å². The minimum atomic E-state index is -0.572. The van der Waals surface area contributed by atoms with E-state index in [0.717, 1.165) is 25.7 Å². The molecule has 7 nitrogen and oxygen atoms in total. The number of piperidine rings is 1. The summed E-state index contributed by atoms with van der Waals surface area (Å²) in [7, 11) is 1.81. The second kappa shape index (κ2) is 4.98. The van der Waals surface area contributed by atoms with Gasteiger partial charge in [-0.15, -0.1) is 0 Å². The maximum atomic E-state index is 11.2. The lowest BCUT2D eigenvalue weighted by Gasteiger charge is -2.47. The average molecular weight is 294 g/mol. The van der Waals surface area contributed by atoms with Crippen molar-refractivity contribution in [1.29, 1.82) is 0 Å². The number of imidazole rings is 1. The summed E-state index contributed by atoms with van der Waals surface area (Å²) in [5.41, 5.74) is -0.572. The van der Waals surface area contributed by atoms with Crippen LogP contribution < -0.4 is 4.90 Å². The van der Waals surface area contributed by atoms with Crippen molar-refractivity contribution < 1.29 is 10.0 Å². The highest BCUT2D eigenvalue weighted by Gasteiger charge is 2.44. The Kier molecular flexibility index (Phi) is 3.39. The quantitative estimate of drug-likeness (QED) is 0.663. The van der Waals surface area contributed by atoms with Crippen LogP contribution in [-0.4, -0.2) is 38.3 Å². The molecule has 0 aromatic carbocycles. The topological polar surface area (TPSA) is 84.4 Å². The SMILES string of the molecule is Cc1nc([N+](=O)[O-])c(N2CCC3(O)CCCCC3C2)n1C. The van der Waals surface area contributed by atoms with Gasteiger partial charge in [-0.2, -0.15) is 0 Å². The number of aliphatic hydroxyl groups is 1. The molecule has 2 fully saturated rings. The van der Waals surface area contributed by atoms with Gasteiger partial charge >= 0.3 is 5.82 Å². The van der Waals surface area contributed by atoms with Crippen LogP contribution in [0.25, 0.3) is 0 Å². The maximum absolute atomic E-state index is 11.2. The highest BCUT2D eigenvalue weighted by Crippen LogP contribution is 2.42. The molecule has 21 heavy (non-hydrogen) atoms. The van der Waals surface area contributed by atoms with Crippen LogP contribution in [0.1, 0.15) is 37.9 Å². The Bertz CT molecular complexity index is 571. The third kappa shape index (κ3) is 2.29. The van der Waals surface area contributed by atoms with Gasteiger partial charge in [0.1, 0.15) is 0 Å². The number of nitrogens with zero attached hydrogens (tertiary/aromatic N) is 4. The minimum Gasteiger partial charge on any atom is -0.389 e. The Balaban J connectivity index is 1.91. The summed E-state index contributed by atoms with van der Waals surface area (Å²) >= 11 is 0. The fraction of sp³-hybridized carbons (Fsp3) is 0.786. The lowest BCUT2D eigenvalue weighted by atomic mass is 9.71. The zero-order valence-electron chi connectivity index (χ0n) is 12.6. The van der Waals surface area contributed by atoms with E-state index in [4.69, 9.17) is 0 Å². The van der Waals surface area contributed by atoms with E-state index in [2.05, 4.69) is 4.98 Å². The molecule has 2 unspecified atom stereocenters. The standard InChI is InChI=1S/C14H22N4O3/c1-10-15-12(18(20)21)13(16(10)2)17-8-7-14(19)6-4-3-5-11(14)9-17/h11,19H,3-9H2,1-2H3. The lowest BCUT2D eigenvalue weighted by molar-refractivity contribution is -0.388. The number of nitro groups is 1. The highest BCUT2D eigenvalue weighted by atomic mass is 16.6. The second-order valence-corrected chi connectivity index (χ2v) is 6.36. The van der Waals surface area contributed by atoms with Gasteiger partial charge in [-0.25, -0.2) is 0 Å². The van der Waals surface area contributed by atoms with E-state index in [0.29, 0.717) is 31.2 Å². The molecule has 1 aromatic rings. The number of aryl methyl sites for hydroxylation is 1. The van der Waals surface area contributed by atoms with Gasteiger partial charge in [0, 0.05) is 33.0 Å². The van der Waals surface area contributed by atoms with Crippen LogP contribution in [0.5, 0.6) is 0 Å². The number of fused-ring (bicyclic) bond motifs is 1. The molecule has 2 heterocycles. The van der Waals surface area contributed by atoms with Gasteiger partial charge in [-0.3, -0.25) is 4.57 Å². The largest absolute Gasteiger partial charge is 0.406 e. The molecule has 3 rings (SSSR count).